The van der Waals surface area contributed by atoms with Crippen LogP contribution in [-0.4, -0.2) is 16.7 Å². The fourth-order valence-corrected chi connectivity index (χ4v) is 1.77. The van der Waals surface area contributed by atoms with E-state index in [1.807, 2.05) is 29.9 Å². The summed E-state index contributed by atoms with van der Waals surface area (Å²) in [6.45, 7) is 0.520. The number of rotatable bonds is 4. The molecule has 0 unspecified atom stereocenters. The van der Waals surface area contributed by atoms with Crippen LogP contribution < -0.4 is 10.5 Å². The Bertz CT molecular complexity index is 488. The molecule has 0 bridgehead atoms. The minimum absolute atomic E-state index is 0.520. The van der Waals surface area contributed by atoms with E-state index in [0.717, 1.165) is 23.7 Å². The van der Waals surface area contributed by atoms with Crippen molar-refractivity contribution in [1.29, 1.82) is 0 Å². The molecule has 4 heteroatoms. The topological polar surface area (TPSA) is 53.1 Å². The highest BCUT2D eigenvalue weighted by molar-refractivity contribution is 5.29. The number of ether oxygens (including phenoxy) is 1. The Kier molecular flexibility index (Phi) is 3.44. The first kappa shape index (κ1) is 11.7. The number of methoxy groups -OCH3 is 1. The van der Waals surface area contributed by atoms with Crippen molar-refractivity contribution in [3.63, 3.8) is 0 Å². The van der Waals surface area contributed by atoms with Gasteiger partial charge in [-0.3, -0.25) is 0 Å². The third kappa shape index (κ3) is 2.47. The van der Waals surface area contributed by atoms with Crippen molar-refractivity contribution >= 4 is 0 Å². The average Bonchev–Trinajstić information content (AvgIpc) is 2.71. The molecule has 17 heavy (non-hydrogen) atoms. The average molecular weight is 231 g/mol. The molecule has 0 spiro atoms. The highest BCUT2D eigenvalue weighted by Crippen LogP contribution is 2.14. The van der Waals surface area contributed by atoms with Crippen molar-refractivity contribution in [2.75, 3.05) is 7.11 Å². The molecule has 0 amide bonds. The van der Waals surface area contributed by atoms with Crippen LogP contribution in [0.4, 0.5) is 0 Å². The minimum atomic E-state index is 0.520. The summed E-state index contributed by atoms with van der Waals surface area (Å²) in [5.74, 6) is 1.90. The Morgan fingerprint density at radius 3 is 2.53 bits per heavy atom. The summed E-state index contributed by atoms with van der Waals surface area (Å²) in [5.41, 5.74) is 7.88. The van der Waals surface area contributed by atoms with E-state index >= 15 is 0 Å². The summed E-state index contributed by atoms with van der Waals surface area (Å²) in [5, 5.41) is 0. The first-order chi connectivity index (χ1) is 8.24. The third-order valence-electron chi connectivity index (χ3n) is 2.91. The van der Waals surface area contributed by atoms with Crippen LogP contribution in [0.1, 0.15) is 17.1 Å². The molecule has 0 radical (unpaired) electrons. The van der Waals surface area contributed by atoms with Gasteiger partial charge in [-0.1, -0.05) is 12.1 Å². The largest absolute Gasteiger partial charge is 0.497 e. The molecule has 0 saturated heterocycles. The molecule has 2 N–H and O–H groups in total. The zero-order chi connectivity index (χ0) is 12.3. The first-order valence-electron chi connectivity index (χ1n) is 5.57. The minimum Gasteiger partial charge on any atom is -0.497 e. The Labute approximate surface area is 101 Å². The standard InChI is InChI=1S/C13H17N3O/c1-16-11(8-14)9-15-13(16)7-10-3-5-12(17-2)6-4-10/h3-6,9H,7-8,14H2,1-2H3. The van der Waals surface area contributed by atoms with E-state index in [1.54, 1.807) is 7.11 Å². The summed E-state index contributed by atoms with van der Waals surface area (Å²) in [6.07, 6.45) is 2.64. The zero-order valence-corrected chi connectivity index (χ0v) is 10.2. The molecular weight excluding hydrogens is 214 g/mol. The molecule has 0 aliphatic heterocycles. The van der Waals surface area contributed by atoms with Crippen molar-refractivity contribution in [2.45, 2.75) is 13.0 Å². The number of nitrogens with two attached hydrogens (primary N) is 1. The number of hydrogen-bond donors (Lipinski definition) is 1. The maximum atomic E-state index is 5.62. The Morgan fingerprint density at radius 2 is 2.00 bits per heavy atom. The quantitative estimate of drug-likeness (QED) is 0.867. The Morgan fingerprint density at radius 1 is 1.29 bits per heavy atom. The summed E-state index contributed by atoms with van der Waals surface area (Å²) in [6, 6.07) is 8.02. The van der Waals surface area contributed by atoms with Gasteiger partial charge in [0.2, 0.25) is 0 Å². The van der Waals surface area contributed by atoms with Gasteiger partial charge in [-0.05, 0) is 17.7 Å². The lowest BCUT2D eigenvalue weighted by Gasteiger charge is -2.05. The maximum absolute atomic E-state index is 5.62. The highest BCUT2D eigenvalue weighted by atomic mass is 16.5. The predicted molar refractivity (Wildman–Crippen MR) is 66.9 cm³/mol. The van der Waals surface area contributed by atoms with Crippen molar-refractivity contribution < 1.29 is 4.74 Å². The van der Waals surface area contributed by atoms with Gasteiger partial charge in [-0.2, -0.15) is 0 Å². The van der Waals surface area contributed by atoms with E-state index in [4.69, 9.17) is 10.5 Å². The molecule has 0 saturated carbocycles. The van der Waals surface area contributed by atoms with Gasteiger partial charge >= 0.3 is 0 Å². The van der Waals surface area contributed by atoms with E-state index in [-0.39, 0.29) is 0 Å². The molecule has 0 aliphatic rings. The van der Waals surface area contributed by atoms with Crippen molar-refractivity contribution in [3.8, 4) is 5.75 Å². The summed E-state index contributed by atoms with van der Waals surface area (Å²) in [4.78, 5) is 4.38. The molecule has 0 fully saturated rings. The number of nitrogens with zero attached hydrogens (tertiary/aromatic N) is 2. The molecule has 2 rings (SSSR count). The fourth-order valence-electron chi connectivity index (χ4n) is 1.77. The summed E-state index contributed by atoms with van der Waals surface area (Å²) >= 11 is 0. The number of benzene rings is 1. The summed E-state index contributed by atoms with van der Waals surface area (Å²) in [7, 11) is 3.66. The van der Waals surface area contributed by atoms with Gasteiger partial charge in [-0.25, -0.2) is 4.98 Å². The second-order valence-electron chi connectivity index (χ2n) is 3.95. The van der Waals surface area contributed by atoms with Crippen molar-refractivity contribution in [3.05, 3.63) is 47.5 Å². The fraction of sp³-hybridized carbons (Fsp3) is 0.308. The number of imidazole rings is 1. The molecule has 4 nitrogen and oxygen atoms in total. The highest BCUT2D eigenvalue weighted by Gasteiger charge is 2.05. The molecule has 2 aromatic rings. The predicted octanol–water partition coefficient (Wildman–Crippen LogP) is 1.48. The van der Waals surface area contributed by atoms with Gasteiger partial charge in [0.15, 0.2) is 0 Å². The van der Waals surface area contributed by atoms with Crippen molar-refractivity contribution in [2.24, 2.45) is 12.8 Å². The van der Waals surface area contributed by atoms with Crippen LogP contribution in [0.15, 0.2) is 30.5 Å². The normalized spacial score (nSPS) is 10.5. The molecule has 1 aromatic carbocycles. The Hall–Kier alpha value is -1.81. The lowest BCUT2D eigenvalue weighted by molar-refractivity contribution is 0.414. The third-order valence-corrected chi connectivity index (χ3v) is 2.91. The van der Waals surface area contributed by atoms with E-state index < -0.39 is 0 Å². The molecular formula is C13H17N3O. The lowest BCUT2D eigenvalue weighted by Crippen LogP contribution is -2.06. The number of aromatic nitrogens is 2. The monoisotopic (exact) mass is 231 g/mol. The van der Waals surface area contributed by atoms with E-state index in [2.05, 4.69) is 17.1 Å². The second kappa shape index (κ2) is 5.01. The van der Waals surface area contributed by atoms with E-state index in [1.165, 1.54) is 5.56 Å². The second-order valence-corrected chi connectivity index (χ2v) is 3.95. The molecule has 1 heterocycles. The van der Waals surface area contributed by atoms with Gasteiger partial charge in [0.25, 0.3) is 0 Å². The van der Waals surface area contributed by atoms with E-state index in [9.17, 15) is 0 Å². The van der Waals surface area contributed by atoms with Crippen LogP contribution in [-0.2, 0) is 20.0 Å². The van der Waals surface area contributed by atoms with Crippen LogP contribution in [0.25, 0.3) is 0 Å². The van der Waals surface area contributed by atoms with Crippen LogP contribution >= 0.6 is 0 Å². The molecule has 1 aromatic heterocycles. The van der Waals surface area contributed by atoms with Gasteiger partial charge in [0, 0.05) is 26.2 Å². The van der Waals surface area contributed by atoms with Gasteiger partial charge in [0.05, 0.1) is 12.8 Å². The van der Waals surface area contributed by atoms with Crippen LogP contribution in [0.2, 0.25) is 0 Å². The van der Waals surface area contributed by atoms with Gasteiger partial charge < -0.3 is 15.0 Å². The van der Waals surface area contributed by atoms with Crippen LogP contribution in [0.5, 0.6) is 5.75 Å². The van der Waals surface area contributed by atoms with Gasteiger partial charge in [0.1, 0.15) is 11.6 Å². The van der Waals surface area contributed by atoms with Gasteiger partial charge in [-0.15, -0.1) is 0 Å². The van der Waals surface area contributed by atoms with E-state index in [0.29, 0.717) is 6.54 Å². The maximum Gasteiger partial charge on any atom is 0.118 e. The smallest absolute Gasteiger partial charge is 0.118 e. The molecule has 0 atom stereocenters. The molecule has 90 valence electrons. The van der Waals surface area contributed by atoms with Crippen LogP contribution in [0, 0.1) is 0 Å². The van der Waals surface area contributed by atoms with Crippen LogP contribution in [0.3, 0.4) is 0 Å². The zero-order valence-electron chi connectivity index (χ0n) is 10.2. The summed E-state index contributed by atoms with van der Waals surface area (Å²) < 4.78 is 7.17. The van der Waals surface area contributed by atoms with Crippen molar-refractivity contribution in [1.82, 2.24) is 9.55 Å². The number of hydrogen-bond acceptors (Lipinski definition) is 3. The molecule has 0 aliphatic carbocycles. The Balaban J connectivity index is 2.16. The lowest BCUT2D eigenvalue weighted by atomic mass is 10.1. The SMILES string of the molecule is COc1ccc(Cc2ncc(CN)n2C)cc1. The first-order valence-corrected chi connectivity index (χ1v) is 5.57.